The van der Waals surface area contributed by atoms with Gasteiger partial charge in [-0.25, -0.2) is 0 Å². The fourth-order valence-corrected chi connectivity index (χ4v) is 2.48. The Balaban J connectivity index is 1.88. The Hall–Kier alpha value is -1.35. The summed E-state index contributed by atoms with van der Waals surface area (Å²) in [5.41, 5.74) is 1.35. The van der Waals surface area contributed by atoms with E-state index < -0.39 is 5.97 Å². The molecule has 1 heterocycles. The van der Waals surface area contributed by atoms with Gasteiger partial charge in [-0.2, -0.15) is 0 Å². The molecule has 0 radical (unpaired) electrons. The Morgan fingerprint density at radius 2 is 2.18 bits per heavy atom. The largest absolute Gasteiger partial charge is 0.480 e. The smallest absolute Gasteiger partial charge is 0.320 e. The van der Waals surface area contributed by atoms with Crippen LogP contribution in [0.1, 0.15) is 18.9 Å². The maximum absolute atomic E-state index is 10.9. The molecule has 0 unspecified atom stereocenters. The van der Waals surface area contributed by atoms with Crippen LogP contribution in [-0.2, 0) is 11.2 Å². The zero-order valence-corrected chi connectivity index (χ0v) is 10.2. The topological polar surface area (TPSA) is 40.5 Å². The number of carbonyl (C=O) groups is 1. The molecule has 92 valence electrons. The Kier molecular flexibility index (Phi) is 3.79. The predicted molar refractivity (Wildman–Crippen MR) is 66.9 cm³/mol. The molecular weight excluding hydrogens is 214 g/mol. The first kappa shape index (κ1) is 12.1. The van der Waals surface area contributed by atoms with Gasteiger partial charge in [0.15, 0.2) is 0 Å². The van der Waals surface area contributed by atoms with Gasteiger partial charge in [0.2, 0.25) is 0 Å². The van der Waals surface area contributed by atoms with Crippen molar-refractivity contribution in [2.45, 2.75) is 25.8 Å². The standard InChI is InChI=1S/C14H19NO2/c1-11(14(16)17)15-8-7-13(10-15)9-12-5-3-2-4-6-12/h2-6,11,13H,7-10H2,1H3,(H,16,17)/t11-,13+/m0/s1. The number of likely N-dealkylation sites (tertiary alicyclic amines) is 1. The summed E-state index contributed by atoms with van der Waals surface area (Å²) >= 11 is 0. The van der Waals surface area contributed by atoms with Gasteiger partial charge in [0.25, 0.3) is 0 Å². The van der Waals surface area contributed by atoms with Crippen molar-refractivity contribution in [2.24, 2.45) is 5.92 Å². The molecule has 2 atom stereocenters. The van der Waals surface area contributed by atoms with E-state index in [-0.39, 0.29) is 6.04 Å². The van der Waals surface area contributed by atoms with E-state index in [0.29, 0.717) is 5.92 Å². The van der Waals surface area contributed by atoms with Crippen LogP contribution in [0.3, 0.4) is 0 Å². The first-order valence-electron chi connectivity index (χ1n) is 6.17. The number of hydrogen-bond donors (Lipinski definition) is 1. The van der Waals surface area contributed by atoms with Gasteiger partial charge >= 0.3 is 5.97 Å². The number of carboxylic acids is 1. The van der Waals surface area contributed by atoms with Crippen molar-refractivity contribution in [3.8, 4) is 0 Å². The minimum atomic E-state index is -0.717. The van der Waals surface area contributed by atoms with Gasteiger partial charge < -0.3 is 5.11 Å². The second kappa shape index (κ2) is 5.32. The molecule has 1 aromatic carbocycles. The van der Waals surface area contributed by atoms with Crippen molar-refractivity contribution < 1.29 is 9.90 Å². The van der Waals surface area contributed by atoms with E-state index in [0.717, 1.165) is 25.9 Å². The third-order valence-electron chi connectivity index (χ3n) is 3.59. The zero-order valence-electron chi connectivity index (χ0n) is 10.2. The number of rotatable bonds is 4. The van der Waals surface area contributed by atoms with E-state index in [2.05, 4.69) is 29.2 Å². The van der Waals surface area contributed by atoms with Gasteiger partial charge in [-0.1, -0.05) is 30.3 Å². The average Bonchev–Trinajstić information content (AvgIpc) is 2.77. The van der Waals surface area contributed by atoms with Crippen LogP contribution in [0.4, 0.5) is 0 Å². The number of carboxylic acid groups (broad SMARTS) is 1. The Morgan fingerprint density at radius 1 is 1.47 bits per heavy atom. The molecule has 0 aromatic heterocycles. The molecule has 3 nitrogen and oxygen atoms in total. The molecule has 1 aliphatic heterocycles. The summed E-state index contributed by atoms with van der Waals surface area (Å²) in [7, 11) is 0. The van der Waals surface area contributed by atoms with Crippen LogP contribution in [0.2, 0.25) is 0 Å². The molecule has 1 fully saturated rings. The SMILES string of the molecule is C[C@@H](C(=O)O)N1CC[C@H](Cc2ccccc2)C1. The third-order valence-corrected chi connectivity index (χ3v) is 3.59. The van der Waals surface area contributed by atoms with Gasteiger partial charge in [0.05, 0.1) is 0 Å². The van der Waals surface area contributed by atoms with Gasteiger partial charge in [0, 0.05) is 6.54 Å². The van der Waals surface area contributed by atoms with Gasteiger partial charge in [-0.15, -0.1) is 0 Å². The summed E-state index contributed by atoms with van der Waals surface area (Å²) in [6.45, 7) is 3.58. The molecule has 0 spiro atoms. The molecule has 0 bridgehead atoms. The maximum Gasteiger partial charge on any atom is 0.320 e. The second-order valence-corrected chi connectivity index (χ2v) is 4.85. The Labute approximate surface area is 102 Å². The molecule has 3 heteroatoms. The molecule has 1 aliphatic rings. The summed E-state index contributed by atoms with van der Waals surface area (Å²) in [5, 5.41) is 8.98. The van der Waals surface area contributed by atoms with Crippen LogP contribution in [-0.4, -0.2) is 35.1 Å². The summed E-state index contributed by atoms with van der Waals surface area (Å²) in [5.74, 6) is -0.121. The lowest BCUT2D eigenvalue weighted by molar-refractivity contribution is -0.142. The monoisotopic (exact) mass is 233 g/mol. The summed E-state index contributed by atoms with van der Waals surface area (Å²) in [6, 6.07) is 10.1. The molecule has 2 rings (SSSR count). The number of benzene rings is 1. The van der Waals surface area contributed by atoms with Crippen LogP contribution in [0.5, 0.6) is 0 Å². The minimum Gasteiger partial charge on any atom is -0.480 e. The van der Waals surface area contributed by atoms with Gasteiger partial charge in [-0.3, -0.25) is 9.69 Å². The maximum atomic E-state index is 10.9. The van der Waals surface area contributed by atoms with Crippen LogP contribution < -0.4 is 0 Å². The number of nitrogens with zero attached hydrogens (tertiary/aromatic N) is 1. The number of aliphatic carboxylic acids is 1. The summed E-state index contributed by atoms with van der Waals surface area (Å²) in [4.78, 5) is 13.0. The quantitative estimate of drug-likeness (QED) is 0.865. The third kappa shape index (κ3) is 3.07. The van der Waals surface area contributed by atoms with Crippen LogP contribution >= 0.6 is 0 Å². The number of hydrogen-bond acceptors (Lipinski definition) is 2. The van der Waals surface area contributed by atoms with Crippen LogP contribution in [0, 0.1) is 5.92 Å². The van der Waals surface area contributed by atoms with E-state index in [1.54, 1.807) is 6.92 Å². The molecule has 1 N–H and O–H groups in total. The van der Waals surface area contributed by atoms with Crippen molar-refractivity contribution in [3.63, 3.8) is 0 Å². The summed E-state index contributed by atoms with van der Waals surface area (Å²) in [6.07, 6.45) is 2.16. The minimum absolute atomic E-state index is 0.351. The highest BCUT2D eigenvalue weighted by Crippen LogP contribution is 2.22. The molecule has 17 heavy (non-hydrogen) atoms. The molecule has 0 saturated carbocycles. The van der Waals surface area contributed by atoms with Crippen LogP contribution in [0.25, 0.3) is 0 Å². The Morgan fingerprint density at radius 3 is 2.82 bits per heavy atom. The van der Waals surface area contributed by atoms with Crippen molar-refractivity contribution in [2.75, 3.05) is 13.1 Å². The molecule has 1 aromatic rings. The Bertz CT molecular complexity index is 377. The highest BCUT2D eigenvalue weighted by atomic mass is 16.4. The first-order valence-corrected chi connectivity index (χ1v) is 6.17. The predicted octanol–water partition coefficient (Wildman–Crippen LogP) is 2.02. The molecular formula is C14H19NO2. The van der Waals surface area contributed by atoms with Crippen molar-refractivity contribution in [1.29, 1.82) is 0 Å². The molecule has 0 amide bonds. The van der Waals surface area contributed by atoms with E-state index in [9.17, 15) is 4.79 Å². The van der Waals surface area contributed by atoms with E-state index in [1.807, 2.05) is 6.07 Å². The lowest BCUT2D eigenvalue weighted by Gasteiger charge is -2.20. The second-order valence-electron chi connectivity index (χ2n) is 4.85. The highest BCUT2D eigenvalue weighted by molar-refractivity contribution is 5.72. The van der Waals surface area contributed by atoms with Crippen molar-refractivity contribution >= 4 is 5.97 Å². The normalized spacial score (nSPS) is 22.5. The van der Waals surface area contributed by atoms with E-state index in [1.165, 1.54) is 5.56 Å². The summed E-state index contributed by atoms with van der Waals surface area (Å²) < 4.78 is 0. The first-order chi connectivity index (χ1) is 8.16. The lowest BCUT2D eigenvalue weighted by atomic mass is 9.99. The zero-order chi connectivity index (χ0) is 12.3. The van der Waals surface area contributed by atoms with Crippen molar-refractivity contribution in [3.05, 3.63) is 35.9 Å². The van der Waals surface area contributed by atoms with E-state index >= 15 is 0 Å². The lowest BCUT2D eigenvalue weighted by Crippen LogP contribution is -2.37. The fraction of sp³-hybridized carbons (Fsp3) is 0.500. The average molecular weight is 233 g/mol. The van der Waals surface area contributed by atoms with Gasteiger partial charge in [0.1, 0.15) is 6.04 Å². The fourth-order valence-electron chi connectivity index (χ4n) is 2.48. The van der Waals surface area contributed by atoms with Crippen LogP contribution in [0.15, 0.2) is 30.3 Å². The van der Waals surface area contributed by atoms with E-state index in [4.69, 9.17) is 5.11 Å². The molecule has 0 aliphatic carbocycles. The van der Waals surface area contributed by atoms with Gasteiger partial charge in [-0.05, 0) is 37.8 Å². The van der Waals surface area contributed by atoms with Crippen molar-refractivity contribution in [1.82, 2.24) is 4.90 Å². The highest BCUT2D eigenvalue weighted by Gasteiger charge is 2.29. The molecule has 1 saturated heterocycles.